The highest BCUT2D eigenvalue weighted by Gasteiger charge is 2.33. The first kappa shape index (κ1) is 35.7. The second-order valence-corrected chi connectivity index (χ2v) is 13.0. The summed E-state index contributed by atoms with van der Waals surface area (Å²) in [6.45, 7) is 11.6. The van der Waals surface area contributed by atoms with Crippen LogP contribution in [0.3, 0.4) is 0 Å². The summed E-state index contributed by atoms with van der Waals surface area (Å²) in [5.74, 6) is -0.275. The number of benzene rings is 1. The van der Waals surface area contributed by atoms with Gasteiger partial charge in [0.2, 0.25) is 0 Å². The lowest BCUT2D eigenvalue weighted by molar-refractivity contribution is -0.0282. The minimum Gasteiger partial charge on any atom is -0.444 e. The van der Waals surface area contributed by atoms with Crippen LogP contribution in [0, 0.1) is 11.7 Å². The summed E-state index contributed by atoms with van der Waals surface area (Å²) in [4.78, 5) is 36.2. The number of alkyl carbamates (subject to hydrolysis) is 1. The molecule has 2 aliphatic rings. The Hall–Kier alpha value is -4.60. The van der Waals surface area contributed by atoms with Crippen LogP contribution in [-0.2, 0) is 30.3 Å². The molecule has 4 atom stereocenters. The van der Waals surface area contributed by atoms with Crippen molar-refractivity contribution < 1.29 is 37.8 Å². The predicted octanol–water partition coefficient (Wildman–Crippen LogP) is 4.72. The molecule has 1 fully saturated rings. The van der Waals surface area contributed by atoms with Gasteiger partial charge in [-0.1, -0.05) is 31.5 Å². The summed E-state index contributed by atoms with van der Waals surface area (Å²) < 4.78 is 39.2. The average molecular weight is 682 g/mol. The van der Waals surface area contributed by atoms with E-state index in [2.05, 4.69) is 39.9 Å². The Bertz CT molecular complexity index is 1580. The second-order valence-electron chi connectivity index (χ2n) is 13.0. The zero-order valence-electron chi connectivity index (χ0n) is 28.4. The smallest absolute Gasteiger partial charge is 0.414 e. The number of hydroxylamine groups is 1. The van der Waals surface area contributed by atoms with Gasteiger partial charge in [0.1, 0.15) is 23.6 Å². The maximum absolute atomic E-state index is 15.2. The van der Waals surface area contributed by atoms with Crippen molar-refractivity contribution in [1.29, 1.82) is 0 Å². The van der Waals surface area contributed by atoms with Crippen LogP contribution in [-0.4, -0.2) is 89.0 Å². The van der Waals surface area contributed by atoms with Crippen molar-refractivity contribution in [2.45, 2.75) is 71.4 Å². The number of ether oxygens (including phenoxy) is 4. The van der Waals surface area contributed by atoms with Crippen molar-refractivity contribution >= 4 is 23.6 Å². The number of carbonyl (C=O) groups is 2. The topological polar surface area (TPSA) is 151 Å². The molecule has 2 amide bonds. The molecule has 1 saturated heterocycles. The van der Waals surface area contributed by atoms with Gasteiger partial charge in [-0.25, -0.2) is 18.7 Å². The third-order valence-corrected chi connectivity index (χ3v) is 8.01. The Balaban J connectivity index is 1.06. The highest BCUT2D eigenvalue weighted by Crippen LogP contribution is 2.30. The van der Waals surface area contributed by atoms with Gasteiger partial charge < -0.3 is 24.3 Å². The van der Waals surface area contributed by atoms with E-state index in [9.17, 15) is 9.59 Å². The van der Waals surface area contributed by atoms with Crippen LogP contribution in [0.5, 0.6) is 0 Å². The number of pyridine rings is 1. The molecule has 0 saturated carbocycles. The number of halogens is 1. The van der Waals surface area contributed by atoms with Gasteiger partial charge in [-0.3, -0.25) is 20.2 Å². The molecule has 0 bridgehead atoms. The zero-order chi connectivity index (χ0) is 35.0. The van der Waals surface area contributed by atoms with Crippen molar-refractivity contribution in [3.63, 3.8) is 0 Å². The van der Waals surface area contributed by atoms with E-state index in [1.807, 2.05) is 26.8 Å². The molecule has 2 aromatic heterocycles. The lowest BCUT2D eigenvalue weighted by Gasteiger charge is -2.26. The predicted molar refractivity (Wildman–Crippen MR) is 178 cm³/mol. The number of aromatic nitrogens is 4. The molecule has 5 rings (SSSR count). The van der Waals surface area contributed by atoms with Crippen molar-refractivity contribution in [2.75, 3.05) is 37.9 Å². The van der Waals surface area contributed by atoms with Gasteiger partial charge in [0.15, 0.2) is 0 Å². The van der Waals surface area contributed by atoms with E-state index < -0.39 is 29.7 Å². The molecule has 14 nitrogen and oxygen atoms in total. The fourth-order valence-corrected chi connectivity index (χ4v) is 5.22. The molecule has 0 spiro atoms. The van der Waals surface area contributed by atoms with E-state index in [4.69, 9.17) is 23.8 Å². The average Bonchev–Trinajstić information content (AvgIpc) is 3.83. The lowest BCUT2D eigenvalue weighted by atomic mass is 10.0. The van der Waals surface area contributed by atoms with E-state index >= 15 is 4.39 Å². The Kier molecular flexibility index (Phi) is 11.8. The molecule has 264 valence electrons. The number of hydrogen-bond acceptors (Lipinski definition) is 11. The fourth-order valence-electron chi connectivity index (χ4n) is 5.22. The molecule has 3 aromatic rings. The first-order chi connectivity index (χ1) is 23.5. The van der Waals surface area contributed by atoms with Crippen molar-refractivity contribution in [3.05, 3.63) is 66.5 Å². The normalized spacial score (nSPS) is 18.9. The van der Waals surface area contributed by atoms with E-state index in [1.54, 1.807) is 47.5 Å². The molecule has 0 radical (unpaired) electrons. The zero-order valence-corrected chi connectivity index (χ0v) is 28.4. The van der Waals surface area contributed by atoms with Gasteiger partial charge in [-0.2, -0.15) is 0 Å². The van der Waals surface area contributed by atoms with E-state index in [-0.39, 0.29) is 24.6 Å². The molecule has 2 aliphatic heterocycles. The number of rotatable bonds is 15. The van der Waals surface area contributed by atoms with Crippen LogP contribution >= 0.6 is 0 Å². The summed E-state index contributed by atoms with van der Waals surface area (Å²) in [6.07, 6.45) is 5.80. The molecule has 49 heavy (non-hydrogen) atoms. The van der Waals surface area contributed by atoms with Crippen molar-refractivity contribution in [3.8, 4) is 11.1 Å². The Labute approximate surface area is 284 Å². The quantitative estimate of drug-likeness (QED) is 0.215. The lowest BCUT2D eigenvalue weighted by Crippen LogP contribution is -2.45. The van der Waals surface area contributed by atoms with Gasteiger partial charge in [0.05, 0.1) is 68.8 Å². The number of nitrogens with one attached hydrogen (secondary N) is 2. The van der Waals surface area contributed by atoms with Gasteiger partial charge in [-0.05, 0) is 57.0 Å². The second kappa shape index (κ2) is 16.2. The molecular weight excluding hydrogens is 637 g/mol. The number of carbonyl (C=O) groups excluding carboxylic acids is 2. The molecule has 0 unspecified atom stereocenters. The Morgan fingerprint density at radius 3 is 2.71 bits per heavy atom. The van der Waals surface area contributed by atoms with E-state index in [0.29, 0.717) is 61.2 Å². The molecule has 15 heteroatoms. The number of anilines is 1. The van der Waals surface area contributed by atoms with Crippen LogP contribution < -0.4 is 15.7 Å². The molecule has 2 N–H and O–H groups in total. The largest absolute Gasteiger partial charge is 0.444 e. The van der Waals surface area contributed by atoms with Crippen LogP contribution in [0.2, 0.25) is 0 Å². The van der Waals surface area contributed by atoms with Crippen molar-refractivity contribution in [2.24, 2.45) is 5.92 Å². The Morgan fingerprint density at radius 1 is 1.20 bits per heavy atom. The first-order valence-corrected chi connectivity index (χ1v) is 16.4. The van der Waals surface area contributed by atoms with Crippen LogP contribution in [0.1, 0.15) is 46.7 Å². The molecular formula is C34H44FN7O7. The molecule has 1 aromatic carbocycles. The van der Waals surface area contributed by atoms with Crippen LogP contribution in [0.25, 0.3) is 16.8 Å². The van der Waals surface area contributed by atoms with Crippen LogP contribution in [0.15, 0.2) is 55.0 Å². The minimum absolute atomic E-state index is 0.177. The maximum atomic E-state index is 15.2. The molecule has 0 aliphatic carbocycles. The fraction of sp³-hybridized carbons (Fsp3) is 0.500. The van der Waals surface area contributed by atoms with Gasteiger partial charge >= 0.3 is 12.2 Å². The monoisotopic (exact) mass is 681 g/mol. The van der Waals surface area contributed by atoms with Crippen molar-refractivity contribution in [1.82, 2.24) is 30.8 Å². The Morgan fingerprint density at radius 2 is 2.02 bits per heavy atom. The standard InChI is InChI=1S/C34H44FN7O7/c1-6-22(2)31(38-32(43)48-34(3,4)5)21-46-14-13-45-20-25-16-30(39-49-25)29-10-7-23(17-36-29)27-9-8-24(15-28(27)35)42-19-26(47-33(42)44)18-41-12-11-37-40-41/h7-12,15-17,22,25-26,31,39H,6,13-14,18-21H2,1-5H3,(H,38,43)/t22-,25-,26-,31+/m0/s1. The third-order valence-electron chi connectivity index (χ3n) is 8.01. The van der Waals surface area contributed by atoms with E-state index in [1.165, 1.54) is 11.0 Å². The number of hydrogen-bond donors (Lipinski definition) is 2. The summed E-state index contributed by atoms with van der Waals surface area (Å²) in [7, 11) is 0. The van der Waals surface area contributed by atoms with Gasteiger partial charge in [0, 0.05) is 23.5 Å². The van der Waals surface area contributed by atoms with Gasteiger partial charge in [0.25, 0.3) is 0 Å². The summed E-state index contributed by atoms with van der Waals surface area (Å²) in [6, 6.07) is 7.98. The third kappa shape index (κ3) is 9.96. The first-order valence-electron chi connectivity index (χ1n) is 16.4. The highest BCUT2D eigenvalue weighted by molar-refractivity contribution is 5.90. The maximum Gasteiger partial charge on any atom is 0.414 e. The summed E-state index contributed by atoms with van der Waals surface area (Å²) in [5.41, 5.74) is 4.93. The summed E-state index contributed by atoms with van der Waals surface area (Å²) in [5, 5.41) is 10.6. The summed E-state index contributed by atoms with van der Waals surface area (Å²) >= 11 is 0. The SMILES string of the molecule is CC[C@H](C)[C@@H](COCCOC[C@@H]1C=C(c2ccc(-c3ccc(N4C[C@H](Cn5ccnn5)OC4=O)cc3F)cn2)NO1)NC(=O)OC(C)(C)C. The van der Waals surface area contributed by atoms with Gasteiger partial charge in [-0.15, -0.1) is 5.10 Å². The number of cyclic esters (lactones) is 1. The minimum atomic E-state index is -0.573. The molecule has 4 heterocycles. The van der Waals surface area contributed by atoms with E-state index in [0.717, 1.165) is 6.42 Å². The highest BCUT2D eigenvalue weighted by atomic mass is 19.1. The van der Waals surface area contributed by atoms with Crippen LogP contribution in [0.4, 0.5) is 19.7 Å². The number of amides is 2. The number of nitrogens with zero attached hydrogens (tertiary/aromatic N) is 5.